The fourth-order valence-electron chi connectivity index (χ4n) is 2.38. The Morgan fingerprint density at radius 3 is 2.75 bits per heavy atom. The van der Waals surface area contributed by atoms with Crippen LogP contribution in [0.4, 0.5) is 4.39 Å². The van der Waals surface area contributed by atoms with Gasteiger partial charge in [0, 0.05) is 10.9 Å². The van der Waals surface area contributed by atoms with Crippen LogP contribution >= 0.6 is 11.6 Å². The minimum atomic E-state index is -0.318. The summed E-state index contributed by atoms with van der Waals surface area (Å²) in [5.74, 6) is 1.03. The van der Waals surface area contributed by atoms with Gasteiger partial charge < -0.3 is 9.73 Å². The summed E-state index contributed by atoms with van der Waals surface area (Å²) < 4.78 is 19.5. The second kappa shape index (κ2) is 6.59. The molecule has 0 saturated carbocycles. The van der Waals surface area contributed by atoms with E-state index in [1.807, 2.05) is 0 Å². The van der Waals surface area contributed by atoms with Crippen molar-refractivity contribution in [2.75, 3.05) is 6.54 Å². The van der Waals surface area contributed by atoms with Crippen LogP contribution in [0.5, 0.6) is 0 Å². The predicted octanol–water partition coefficient (Wildman–Crippen LogP) is 4.92. The number of furan rings is 1. The third kappa shape index (κ3) is 3.33. The van der Waals surface area contributed by atoms with Crippen molar-refractivity contribution in [3.8, 4) is 0 Å². The molecule has 4 heteroatoms. The summed E-state index contributed by atoms with van der Waals surface area (Å²) in [5.41, 5.74) is 1.66. The van der Waals surface area contributed by atoms with E-state index in [1.54, 1.807) is 0 Å². The molecule has 2 rings (SSSR count). The van der Waals surface area contributed by atoms with Crippen molar-refractivity contribution in [1.29, 1.82) is 0 Å². The number of hydrogen-bond acceptors (Lipinski definition) is 2. The van der Waals surface area contributed by atoms with Crippen molar-refractivity contribution in [2.45, 2.75) is 40.2 Å². The minimum Gasteiger partial charge on any atom is -0.458 e. The van der Waals surface area contributed by atoms with Crippen LogP contribution < -0.4 is 5.32 Å². The van der Waals surface area contributed by atoms with Gasteiger partial charge in [-0.1, -0.05) is 32.4 Å². The summed E-state index contributed by atoms with van der Waals surface area (Å²) in [6, 6.07) is 2.82. The maximum atomic E-state index is 13.6. The predicted molar refractivity (Wildman–Crippen MR) is 81.7 cm³/mol. The van der Waals surface area contributed by atoms with Gasteiger partial charge >= 0.3 is 0 Å². The van der Waals surface area contributed by atoms with E-state index >= 15 is 0 Å². The molecule has 0 radical (unpaired) electrons. The van der Waals surface area contributed by atoms with E-state index in [9.17, 15) is 4.39 Å². The molecule has 0 aliphatic heterocycles. The molecule has 2 aromatic rings. The van der Waals surface area contributed by atoms with Gasteiger partial charge in [0.15, 0.2) is 5.58 Å². The Balaban J connectivity index is 2.46. The van der Waals surface area contributed by atoms with Gasteiger partial charge in [-0.3, -0.25) is 0 Å². The van der Waals surface area contributed by atoms with E-state index in [0.29, 0.717) is 23.1 Å². The lowest BCUT2D eigenvalue weighted by Gasteiger charge is -2.07. The molecule has 0 saturated heterocycles. The number of hydrogen-bond donors (Lipinski definition) is 1. The third-order valence-electron chi connectivity index (χ3n) is 3.22. The molecule has 0 fully saturated rings. The van der Waals surface area contributed by atoms with E-state index in [0.717, 1.165) is 36.1 Å². The van der Waals surface area contributed by atoms with Crippen LogP contribution in [0.1, 0.15) is 38.5 Å². The summed E-state index contributed by atoms with van der Waals surface area (Å²) in [5, 5.41) is 4.47. The number of nitrogens with one attached hydrogen (secondary N) is 1. The monoisotopic (exact) mass is 297 g/mol. The van der Waals surface area contributed by atoms with Crippen LogP contribution in [0, 0.1) is 11.7 Å². The number of rotatable bonds is 6. The Bertz CT molecular complexity index is 592. The highest BCUT2D eigenvalue weighted by Gasteiger charge is 2.18. The molecule has 0 unspecified atom stereocenters. The summed E-state index contributed by atoms with van der Waals surface area (Å²) in [6.07, 6.45) is 1.92. The smallest absolute Gasteiger partial charge is 0.153 e. The molecular formula is C16H21ClFNO. The van der Waals surface area contributed by atoms with E-state index in [2.05, 4.69) is 26.1 Å². The standard InChI is InChI=1S/C16H21ClFNO/c1-4-5-19-9-15-12(6-10(2)3)13-7-11(18)8-14(17)16(13)20-15/h7-8,10,19H,4-6,9H2,1-3H3. The minimum absolute atomic E-state index is 0.318. The summed E-state index contributed by atoms with van der Waals surface area (Å²) >= 11 is 6.09. The normalized spacial score (nSPS) is 11.7. The van der Waals surface area contributed by atoms with Crippen molar-refractivity contribution in [1.82, 2.24) is 5.32 Å². The van der Waals surface area contributed by atoms with Crippen LogP contribution in [0.2, 0.25) is 5.02 Å². The molecule has 0 amide bonds. The number of benzene rings is 1. The Morgan fingerprint density at radius 1 is 1.35 bits per heavy atom. The molecule has 1 aromatic carbocycles. The van der Waals surface area contributed by atoms with Gasteiger partial charge in [-0.2, -0.15) is 0 Å². The maximum Gasteiger partial charge on any atom is 0.153 e. The van der Waals surface area contributed by atoms with Gasteiger partial charge in [0.25, 0.3) is 0 Å². The SMILES string of the molecule is CCCNCc1oc2c(Cl)cc(F)cc2c1CC(C)C. The van der Waals surface area contributed by atoms with Gasteiger partial charge in [-0.25, -0.2) is 4.39 Å². The number of fused-ring (bicyclic) bond motifs is 1. The largest absolute Gasteiger partial charge is 0.458 e. The fraction of sp³-hybridized carbons (Fsp3) is 0.500. The molecule has 0 bridgehead atoms. The van der Waals surface area contributed by atoms with Crippen LogP contribution in [-0.4, -0.2) is 6.54 Å². The Morgan fingerprint density at radius 2 is 2.10 bits per heavy atom. The van der Waals surface area contributed by atoms with Crippen molar-refractivity contribution in [3.05, 3.63) is 34.3 Å². The number of halogens is 2. The molecular weight excluding hydrogens is 277 g/mol. The molecule has 0 aliphatic carbocycles. The quantitative estimate of drug-likeness (QED) is 0.765. The van der Waals surface area contributed by atoms with E-state index in [4.69, 9.17) is 16.0 Å². The van der Waals surface area contributed by atoms with Gasteiger partial charge in [-0.05, 0) is 37.4 Å². The Labute approximate surface area is 124 Å². The molecule has 0 spiro atoms. The average Bonchev–Trinajstić information content (AvgIpc) is 2.68. The lowest BCUT2D eigenvalue weighted by atomic mass is 9.99. The zero-order valence-electron chi connectivity index (χ0n) is 12.2. The zero-order chi connectivity index (χ0) is 14.7. The average molecular weight is 298 g/mol. The molecule has 0 aliphatic rings. The van der Waals surface area contributed by atoms with Crippen molar-refractivity contribution in [3.63, 3.8) is 0 Å². The van der Waals surface area contributed by atoms with Crippen molar-refractivity contribution >= 4 is 22.6 Å². The highest BCUT2D eigenvalue weighted by molar-refractivity contribution is 6.34. The second-order valence-corrected chi connectivity index (χ2v) is 5.95. The molecule has 2 nitrogen and oxygen atoms in total. The van der Waals surface area contributed by atoms with Gasteiger partial charge in [0.1, 0.15) is 11.6 Å². The van der Waals surface area contributed by atoms with Crippen LogP contribution in [0.3, 0.4) is 0 Å². The molecule has 20 heavy (non-hydrogen) atoms. The first kappa shape index (κ1) is 15.3. The lowest BCUT2D eigenvalue weighted by molar-refractivity contribution is 0.500. The maximum absolute atomic E-state index is 13.6. The van der Waals surface area contributed by atoms with E-state index < -0.39 is 0 Å². The highest BCUT2D eigenvalue weighted by atomic mass is 35.5. The van der Waals surface area contributed by atoms with Crippen LogP contribution in [-0.2, 0) is 13.0 Å². The highest BCUT2D eigenvalue weighted by Crippen LogP contribution is 2.33. The Kier molecular flexibility index (Phi) is 5.06. The molecule has 1 aromatic heterocycles. The second-order valence-electron chi connectivity index (χ2n) is 5.54. The third-order valence-corrected chi connectivity index (χ3v) is 3.50. The summed E-state index contributed by atoms with van der Waals surface area (Å²) in [4.78, 5) is 0. The van der Waals surface area contributed by atoms with Crippen molar-refractivity contribution < 1.29 is 8.81 Å². The summed E-state index contributed by atoms with van der Waals surface area (Å²) in [7, 11) is 0. The van der Waals surface area contributed by atoms with Gasteiger partial charge in [0.2, 0.25) is 0 Å². The van der Waals surface area contributed by atoms with Gasteiger partial charge in [0.05, 0.1) is 11.6 Å². The summed E-state index contributed by atoms with van der Waals surface area (Å²) in [6.45, 7) is 7.99. The molecule has 0 atom stereocenters. The Hall–Kier alpha value is -1.06. The topological polar surface area (TPSA) is 25.2 Å². The first-order valence-corrected chi connectivity index (χ1v) is 7.50. The van der Waals surface area contributed by atoms with Crippen LogP contribution in [0.25, 0.3) is 11.0 Å². The van der Waals surface area contributed by atoms with Crippen LogP contribution in [0.15, 0.2) is 16.5 Å². The lowest BCUT2D eigenvalue weighted by Crippen LogP contribution is -2.14. The molecule has 1 N–H and O–H groups in total. The fourth-order valence-corrected chi connectivity index (χ4v) is 2.62. The molecule has 110 valence electrons. The van der Waals surface area contributed by atoms with E-state index in [1.165, 1.54) is 12.1 Å². The van der Waals surface area contributed by atoms with E-state index in [-0.39, 0.29) is 5.82 Å². The zero-order valence-corrected chi connectivity index (χ0v) is 13.0. The van der Waals surface area contributed by atoms with Gasteiger partial charge in [-0.15, -0.1) is 0 Å². The first-order chi connectivity index (χ1) is 9.52. The molecule has 1 heterocycles. The van der Waals surface area contributed by atoms with Crippen molar-refractivity contribution in [2.24, 2.45) is 5.92 Å². The first-order valence-electron chi connectivity index (χ1n) is 7.13.